The number of rotatable bonds is 7. The number of aromatic nitrogens is 4. The fourth-order valence-corrected chi connectivity index (χ4v) is 2.45. The number of hydrogen-bond donors (Lipinski definition) is 4. The molecule has 2 aromatic heterocycles. The molecule has 0 spiro atoms. The lowest BCUT2D eigenvalue weighted by molar-refractivity contribution is -0.136. The maximum absolute atomic E-state index is 10.9. The standard InChI is InChI=1S/C16H17N5O3/c22-8-11(6-10-4-2-1-3-5-10)19-16-14-15(18-9-17-14)20-12(21-16)7-13(23)24/h1-5,9,11,22H,6-8H2,(H,23,24)(H2,17,18,19,20,21)/t11-/m0/s1. The van der Waals surface area contributed by atoms with E-state index >= 15 is 0 Å². The third kappa shape index (κ3) is 3.66. The number of imidazole rings is 1. The summed E-state index contributed by atoms with van der Waals surface area (Å²) < 4.78 is 0. The monoisotopic (exact) mass is 327 g/mol. The van der Waals surface area contributed by atoms with Crippen LogP contribution < -0.4 is 5.32 Å². The largest absolute Gasteiger partial charge is 0.481 e. The number of carboxylic acids is 1. The van der Waals surface area contributed by atoms with Crippen LogP contribution in [0, 0.1) is 0 Å². The lowest BCUT2D eigenvalue weighted by Gasteiger charge is -2.17. The van der Waals surface area contributed by atoms with Crippen LogP contribution in [0.15, 0.2) is 36.7 Å². The molecule has 0 unspecified atom stereocenters. The van der Waals surface area contributed by atoms with Gasteiger partial charge >= 0.3 is 5.97 Å². The average Bonchev–Trinajstić information content (AvgIpc) is 3.03. The predicted octanol–water partition coefficient (Wildman–Crippen LogP) is 0.995. The highest BCUT2D eigenvalue weighted by Crippen LogP contribution is 2.18. The smallest absolute Gasteiger partial charge is 0.311 e. The van der Waals surface area contributed by atoms with E-state index in [2.05, 4.69) is 25.3 Å². The Morgan fingerprint density at radius 3 is 2.75 bits per heavy atom. The second-order valence-corrected chi connectivity index (χ2v) is 5.37. The molecule has 0 saturated heterocycles. The van der Waals surface area contributed by atoms with Crippen molar-refractivity contribution in [1.82, 2.24) is 19.9 Å². The number of H-pyrrole nitrogens is 1. The van der Waals surface area contributed by atoms with Crippen molar-refractivity contribution in [2.24, 2.45) is 0 Å². The van der Waals surface area contributed by atoms with Crippen molar-refractivity contribution in [2.45, 2.75) is 18.9 Å². The first-order valence-corrected chi connectivity index (χ1v) is 7.49. The van der Waals surface area contributed by atoms with E-state index in [1.165, 1.54) is 6.33 Å². The number of anilines is 1. The molecule has 0 aliphatic heterocycles. The minimum Gasteiger partial charge on any atom is -0.481 e. The van der Waals surface area contributed by atoms with Gasteiger partial charge in [0.25, 0.3) is 0 Å². The second-order valence-electron chi connectivity index (χ2n) is 5.37. The summed E-state index contributed by atoms with van der Waals surface area (Å²) in [4.78, 5) is 26.3. The van der Waals surface area contributed by atoms with E-state index in [0.29, 0.717) is 23.4 Å². The average molecular weight is 327 g/mol. The van der Waals surface area contributed by atoms with E-state index in [9.17, 15) is 9.90 Å². The minimum absolute atomic E-state index is 0.0981. The molecule has 3 aromatic rings. The van der Waals surface area contributed by atoms with E-state index < -0.39 is 5.97 Å². The van der Waals surface area contributed by atoms with Crippen LogP contribution in [0.2, 0.25) is 0 Å². The quantitative estimate of drug-likeness (QED) is 0.510. The van der Waals surface area contributed by atoms with Crippen LogP contribution in [0.25, 0.3) is 11.2 Å². The number of carboxylic acid groups (broad SMARTS) is 1. The summed E-state index contributed by atoms with van der Waals surface area (Å²) in [6, 6.07) is 9.48. The minimum atomic E-state index is -1.01. The van der Waals surface area contributed by atoms with Gasteiger partial charge in [0, 0.05) is 0 Å². The Labute approximate surface area is 137 Å². The maximum atomic E-state index is 10.9. The number of nitrogens with zero attached hydrogens (tertiary/aromatic N) is 3. The third-order valence-electron chi connectivity index (χ3n) is 3.52. The number of aliphatic hydroxyl groups is 1. The van der Waals surface area contributed by atoms with Crippen LogP contribution in [0.1, 0.15) is 11.4 Å². The van der Waals surface area contributed by atoms with Gasteiger partial charge in [-0.3, -0.25) is 4.79 Å². The van der Waals surface area contributed by atoms with Gasteiger partial charge in [0.15, 0.2) is 11.5 Å². The molecular weight excluding hydrogens is 310 g/mol. The molecule has 124 valence electrons. The number of aromatic amines is 1. The fraction of sp³-hybridized carbons (Fsp3) is 0.250. The normalized spacial score (nSPS) is 12.2. The number of nitrogens with one attached hydrogen (secondary N) is 2. The summed E-state index contributed by atoms with van der Waals surface area (Å²) >= 11 is 0. The van der Waals surface area contributed by atoms with E-state index in [-0.39, 0.29) is 24.9 Å². The highest BCUT2D eigenvalue weighted by atomic mass is 16.4. The third-order valence-corrected chi connectivity index (χ3v) is 3.52. The number of hydrogen-bond acceptors (Lipinski definition) is 6. The number of benzene rings is 1. The molecule has 0 saturated carbocycles. The van der Waals surface area contributed by atoms with E-state index in [4.69, 9.17) is 5.11 Å². The molecule has 8 nitrogen and oxygen atoms in total. The topological polar surface area (TPSA) is 124 Å². The van der Waals surface area contributed by atoms with Gasteiger partial charge in [-0.15, -0.1) is 0 Å². The first-order valence-electron chi connectivity index (χ1n) is 7.49. The zero-order valence-electron chi connectivity index (χ0n) is 12.8. The van der Waals surface area contributed by atoms with Gasteiger partial charge < -0.3 is 20.5 Å². The van der Waals surface area contributed by atoms with Crippen LogP contribution in [0.3, 0.4) is 0 Å². The van der Waals surface area contributed by atoms with Crippen molar-refractivity contribution in [3.8, 4) is 0 Å². The molecule has 0 amide bonds. The van der Waals surface area contributed by atoms with E-state index in [1.54, 1.807) is 0 Å². The van der Waals surface area contributed by atoms with E-state index in [1.807, 2.05) is 30.3 Å². The van der Waals surface area contributed by atoms with Gasteiger partial charge in [0.05, 0.1) is 19.0 Å². The fourth-order valence-electron chi connectivity index (χ4n) is 2.45. The molecule has 0 bridgehead atoms. The predicted molar refractivity (Wildman–Crippen MR) is 87.7 cm³/mol. The molecule has 3 rings (SSSR count). The molecule has 1 atom stereocenters. The van der Waals surface area contributed by atoms with Crippen LogP contribution >= 0.6 is 0 Å². The number of carbonyl (C=O) groups is 1. The summed E-state index contributed by atoms with van der Waals surface area (Å²) in [6.07, 6.45) is 1.79. The van der Waals surface area contributed by atoms with Crippen molar-refractivity contribution in [1.29, 1.82) is 0 Å². The van der Waals surface area contributed by atoms with Gasteiger partial charge in [-0.1, -0.05) is 30.3 Å². The van der Waals surface area contributed by atoms with Crippen LogP contribution in [0.4, 0.5) is 5.82 Å². The van der Waals surface area contributed by atoms with Crippen molar-refractivity contribution in [2.75, 3.05) is 11.9 Å². The van der Waals surface area contributed by atoms with Crippen molar-refractivity contribution < 1.29 is 15.0 Å². The Balaban J connectivity index is 1.86. The van der Waals surface area contributed by atoms with Gasteiger partial charge in [0.1, 0.15) is 17.8 Å². The Hall–Kier alpha value is -3.00. The van der Waals surface area contributed by atoms with Crippen molar-refractivity contribution >= 4 is 23.0 Å². The summed E-state index contributed by atoms with van der Waals surface area (Å²) in [5.41, 5.74) is 2.04. The maximum Gasteiger partial charge on any atom is 0.311 e. The molecule has 4 N–H and O–H groups in total. The van der Waals surface area contributed by atoms with Gasteiger partial charge in [-0.05, 0) is 12.0 Å². The molecule has 2 heterocycles. The lowest BCUT2D eigenvalue weighted by Crippen LogP contribution is -2.27. The van der Waals surface area contributed by atoms with Gasteiger partial charge in [-0.2, -0.15) is 0 Å². The van der Waals surface area contributed by atoms with Crippen LogP contribution in [0.5, 0.6) is 0 Å². The molecule has 0 aliphatic rings. The Morgan fingerprint density at radius 2 is 2.04 bits per heavy atom. The summed E-state index contributed by atoms with van der Waals surface area (Å²) in [6.45, 7) is -0.0981. The number of aliphatic carboxylic acids is 1. The summed E-state index contributed by atoms with van der Waals surface area (Å²) in [5.74, 6) is -0.423. The Kier molecular flexibility index (Phi) is 4.66. The van der Waals surface area contributed by atoms with Crippen molar-refractivity contribution in [3.05, 3.63) is 48.0 Å². The highest BCUT2D eigenvalue weighted by Gasteiger charge is 2.16. The van der Waals surface area contributed by atoms with Gasteiger partial charge in [0.2, 0.25) is 0 Å². The van der Waals surface area contributed by atoms with Crippen LogP contribution in [-0.2, 0) is 17.6 Å². The highest BCUT2D eigenvalue weighted by molar-refractivity contribution is 5.83. The first kappa shape index (κ1) is 15.9. The van der Waals surface area contributed by atoms with E-state index in [0.717, 1.165) is 5.56 Å². The lowest BCUT2D eigenvalue weighted by atomic mass is 10.1. The summed E-state index contributed by atoms with van der Waals surface area (Å²) in [5, 5.41) is 21.7. The molecule has 8 heteroatoms. The van der Waals surface area contributed by atoms with Gasteiger partial charge in [-0.25, -0.2) is 15.0 Å². The molecule has 0 aliphatic carbocycles. The Morgan fingerprint density at radius 1 is 1.25 bits per heavy atom. The Bertz CT molecular complexity index is 834. The SMILES string of the molecule is O=C(O)Cc1nc(N[C@H](CO)Cc2ccccc2)c2nc[nH]c2n1. The first-order chi connectivity index (χ1) is 11.7. The zero-order valence-corrected chi connectivity index (χ0v) is 12.8. The molecular formula is C16H17N5O3. The second kappa shape index (κ2) is 7.05. The molecule has 24 heavy (non-hydrogen) atoms. The van der Waals surface area contributed by atoms with Crippen LogP contribution in [-0.4, -0.2) is 48.8 Å². The molecule has 1 aromatic carbocycles. The van der Waals surface area contributed by atoms with Crippen molar-refractivity contribution in [3.63, 3.8) is 0 Å². The molecule has 0 radical (unpaired) electrons. The number of aliphatic hydroxyl groups excluding tert-OH is 1. The number of fused-ring (bicyclic) bond motifs is 1. The zero-order chi connectivity index (χ0) is 16.9. The molecule has 0 fully saturated rings. The summed E-state index contributed by atoms with van der Waals surface area (Å²) in [7, 11) is 0.